The van der Waals surface area contributed by atoms with E-state index in [0.29, 0.717) is 0 Å². The molecule has 1 aromatic carbocycles. The van der Waals surface area contributed by atoms with Crippen LogP contribution >= 0.6 is 0 Å². The van der Waals surface area contributed by atoms with Gasteiger partial charge in [-0.25, -0.2) is 4.39 Å². The van der Waals surface area contributed by atoms with Crippen molar-refractivity contribution in [2.75, 3.05) is 0 Å². The van der Waals surface area contributed by atoms with Crippen molar-refractivity contribution in [2.24, 2.45) is 11.1 Å². The molecular weight excluding hydrogens is 227 g/mol. The number of hydrogen-bond donors (Lipinski definition) is 2. The van der Waals surface area contributed by atoms with Crippen LogP contribution in [-0.4, -0.2) is 4.98 Å². The number of rotatable bonds is 0. The fourth-order valence-electron chi connectivity index (χ4n) is 3.31. The Morgan fingerprint density at radius 3 is 2.83 bits per heavy atom. The number of aryl methyl sites for hydroxylation is 1. The zero-order chi connectivity index (χ0) is 13.1. The number of aromatic amines is 1. The van der Waals surface area contributed by atoms with E-state index in [-0.39, 0.29) is 17.3 Å². The molecule has 3 heteroatoms. The molecule has 0 spiro atoms. The van der Waals surface area contributed by atoms with E-state index in [1.165, 1.54) is 5.69 Å². The third-order valence-corrected chi connectivity index (χ3v) is 3.99. The predicted molar refractivity (Wildman–Crippen MR) is 72.0 cm³/mol. The fraction of sp³-hybridized carbons (Fsp3) is 0.467. The SMILES string of the molecule is Cc1cc(F)cc2c3c([nH]c12)CC(C)(C)CC3N. The van der Waals surface area contributed by atoms with Gasteiger partial charge in [0.15, 0.2) is 0 Å². The van der Waals surface area contributed by atoms with Gasteiger partial charge in [0.1, 0.15) is 5.82 Å². The Balaban J connectivity index is 2.30. The molecule has 1 heterocycles. The van der Waals surface area contributed by atoms with Crippen molar-refractivity contribution >= 4 is 10.9 Å². The van der Waals surface area contributed by atoms with E-state index in [9.17, 15) is 4.39 Å². The maximum absolute atomic E-state index is 13.6. The Labute approximate surface area is 106 Å². The summed E-state index contributed by atoms with van der Waals surface area (Å²) in [5, 5.41) is 0.963. The zero-order valence-corrected chi connectivity index (χ0v) is 11.1. The molecule has 1 aromatic heterocycles. The van der Waals surface area contributed by atoms with Gasteiger partial charge in [-0.3, -0.25) is 0 Å². The van der Waals surface area contributed by atoms with E-state index in [4.69, 9.17) is 5.73 Å². The van der Waals surface area contributed by atoms with Crippen molar-refractivity contribution in [1.29, 1.82) is 0 Å². The number of fused-ring (bicyclic) bond motifs is 3. The summed E-state index contributed by atoms with van der Waals surface area (Å²) in [6, 6.07) is 3.18. The number of nitrogens with two attached hydrogens (primary N) is 1. The van der Waals surface area contributed by atoms with Crippen LogP contribution in [0.4, 0.5) is 4.39 Å². The van der Waals surface area contributed by atoms with Crippen molar-refractivity contribution in [3.05, 3.63) is 34.8 Å². The Morgan fingerprint density at radius 1 is 1.39 bits per heavy atom. The molecule has 0 aliphatic heterocycles. The number of nitrogens with one attached hydrogen (secondary N) is 1. The molecular formula is C15H19FN2. The van der Waals surface area contributed by atoms with E-state index in [1.807, 2.05) is 6.92 Å². The van der Waals surface area contributed by atoms with Crippen LogP contribution in [0.2, 0.25) is 0 Å². The molecule has 0 fully saturated rings. The van der Waals surface area contributed by atoms with Gasteiger partial charge in [0, 0.05) is 22.6 Å². The molecule has 0 amide bonds. The van der Waals surface area contributed by atoms with Crippen LogP contribution in [0.3, 0.4) is 0 Å². The second kappa shape index (κ2) is 3.58. The van der Waals surface area contributed by atoms with Gasteiger partial charge in [-0.15, -0.1) is 0 Å². The van der Waals surface area contributed by atoms with E-state index >= 15 is 0 Å². The van der Waals surface area contributed by atoms with Gasteiger partial charge in [0.25, 0.3) is 0 Å². The zero-order valence-electron chi connectivity index (χ0n) is 11.1. The smallest absolute Gasteiger partial charge is 0.124 e. The average molecular weight is 246 g/mol. The highest BCUT2D eigenvalue weighted by Gasteiger charge is 2.33. The quantitative estimate of drug-likeness (QED) is 0.733. The minimum atomic E-state index is -0.182. The first-order valence-corrected chi connectivity index (χ1v) is 6.43. The van der Waals surface area contributed by atoms with Crippen molar-refractivity contribution < 1.29 is 4.39 Å². The molecule has 1 atom stereocenters. The first-order valence-electron chi connectivity index (χ1n) is 6.43. The van der Waals surface area contributed by atoms with E-state index in [1.54, 1.807) is 12.1 Å². The highest BCUT2D eigenvalue weighted by molar-refractivity contribution is 5.88. The summed E-state index contributed by atoms with van der Waals surface area (Å²) < 4.78 is 13.6. The minimum absolute atomic E-state index is 0.00120. The summed E-state index contributed by atoms with van der Waals surface area (Å²) in [6.45, 7) is 6.40. The van der Waals surface area contributed by atoms with Crippen molar-refractivity contribution in [1.82, 2.24) is 4.98 Å². The van der Waals surface area contributed by atoms with Gasteiger partial charge in [-0.1, -0.05) is 13.8 Å². The predicted octanol–water partition coefficient (Wildman–Crippen LogP) is 3.59. The summed E-state index contributed by atoms with van der Waals surface area (Å²) in [5.74, 6) is -0.182. The van der Waals surface area contributed by atoms with Crippen LogP contribution in [0.25, 0.3) is 10.9 Å². The largest absolute Gasteiger partial charge is 0.358 e. The number of hydrogen-bond acceptors (Lipinski definition) is 1. The molecule has 96 valence electrons. The van der Waals surface area contributed by atoms with Gasteiger partial charge in [-0.05, 0) is 48.4 Å². The molecule has 1 unspecified atom stereocenters. The lowest BCUT2D eigenvalue weighted by atomic mass is 9.74. The molecule has 0 bridgehead atoms. The van der Waals surface area contributed by atoms with Gasteiger partial charge >= 0.3 is 0 Å². The second-order valence-electron chi connectivity index (χ2n) is 6.31. The van der Waals surface area contributed by atoms with Gasteiger partial charge < -0.3 is 10.7 Å². The monoisotopic (exact) mass is 246 g/mol. The Kier molecular flexibility index (Phi) is 2.33. The third-order valence-electron chi connectivity index (χ3n) is 3.99. The maximum atomic E-state index is 13.6. The summed E-state index contributed by atoms with van der Waals surface area (Å²) in [5.41, 5.74) is 10.8. The average Bonchev–Trinajstić information content (AvgIpc) is 2.54. The fourth-order valence-corrected chi connectivity index (χ4v) is 3.31. The summed E-state index contributed by atoms with van der Waals surface area (Å²) in [7, 11) is 0. The lowest BCUT2D eigenvalue weighted by Gasteiger charge is -2.33. The summed E-state index contributed by atoms with van der Waals surface area (Å²) in [6.07, 6.45) is 1.92. The molecule has 3 N–H and O–H groups in total. The molecule has 18 heavy (non-hydrogen) atoms. The third kappa shape index (κ3) is 1.65. The Morgan fingerprint density at radius 2 is 2.11 bits per heavy atom. The number of halogens is 1. The normalized spacial score (nSPS) is 22.2. The molecule has 1 aliphatic carbocycles. The lowest BCUT2D eigenvalue weighted by Crippen LogP contribution is -2.29. The van der Waals surface area contributed by atoms with E-state index in [0.717, 1.165) is 34.9 Å². The minimum Gasteiger partial charge on any atom is -0.358 e. The van der Waals surface area contributed by atoms with Crippen LogP contribution in [0.5, 0.6) is 0 Å². The first kappa shape index (κ1) is 11.7. The van der Waals surface area contributed by atoms with Gasteiger partial charge in [0.2, 0.25) is 0 Å². The standard InChI is InChI=1S/C15H19FN2/c1-8-4-9(16)5-10-13-11(17)6-15(2,3)7-12(13)18-14(8)10/h4-5,11,18H,6-7,17H2,1-3H3. The first-order chi connectivity index (χ1) is 8.37. The maximum Gasteiger partial charge on any atom is 0.124 e. The molecule has 1 aliphatic rings. The van der Waals surface area contributed by atoms with E-state index in [2.05, 4.69) is 18.8 Å². The lowest BCUT2D eigenvalue weighted by molar-refractivity contribution is 0.281. The highest BCUT2D eigenvalue weighted by Crippen LogP contribution is 2.43. The summed E-state index contributed by atoms with van der Waals surface area (Å²) in [4.78, 5) is 3.45. The molecule has 2 nitrogen and oxygen atoms in total. The number of H-pyrrole nitrogens is 1. The molecule has 3 rings (SSSR count). The van der Waals surface area contributed by atoms with Gasteiger partial charge in [-0.2, -0.15) is 0 Å². The van der Waals surface area contributed by atoms with Crippen molar-refractivity contribution in [2.45, 2.75) is 39.7 Å². The van der Waals surface area contributed by atoms with Crippen LogP contribution in [0.15, 0.2) is 12.1 Å². The van der Waals surface area contributed by atoms with E-state index < -0.39 is 0 Å². The number of benzene rings is 1. The summed E-state index contributed by atoms with van der Waals surface area (Å²) >= 11 is 0. The van der Waals surface area contributed by atoms with Crippen molar-refractivity contribution in [3.63, 3.8) is 0 Å². The van der Waals surface area contributed by atoms with Crippen LogP contribution in [0.1, 0.15) is 43.1 Å². The molecule has 2 aromatic rings. The number of aromatic nitrogens is 1. The Hall–Kier alpha value is -1.35. The van der Waals surface area contributed by atoms with Crippen LogP contribution in [0, 0.1) is 18.2 Å². The van der Waals surface area contributed by atoms with Gasteiger partial charge in [0.05, 0.1) is 0 Å². The Bertz CT molecular complexity index is 625. The van der Waals surface area contributed by atoms with Crippen molar-refractivity contribution in [3.8, 4) is 0 Å². The van der Waals surface area contributed by atoms with Crippen LogP contribution in [-0.2, 0) is 6.42 Å². The highest BCUT2D eigenvalue weighted by atomic mass is 19.1. The van der Waals surface area contributed by atoms with Crippen LogP contribution < -0.4 is 5.73 Å². The molecule has 0 saturated carbocycles. The second-order valence-corrected chi connectivity index (χ2v) is 6.31. The molecule has 0 saturated heterocycles. The molecule has 0 radical (unpaired) electrons. The topological polar surface area (TPSA) is 41.8 Å².